The van der Waals surface area contributed by atoms with E-state index in [0.29, 0.717) is 0 Å². The van der Waals surface area contributed by atoms with Gasteiger partial charge in [0, 0.05) is 5.69 Å². The Kier molecular flexibility index (Phi) is 4.66. The van der Waals surface area contributed by atoms with Gasteiger partial charge in [0.2, 0.25) is 10.0 Å². The van der Waals surface area contributed by atoms with Gasteiger partial charge in [-0.1, -0.05) is 11.6 Å². The molecule has 0 fully saturated rings. The van der Waals surface area contributed by atoms with Crippen molar-refractivity contribution in [2.75, 3.05) is 16.3 Å². The summed E-state index contributed by atoms with van der Waals surface area (Å²) in [6.07, 6.45) is -3.63. The summed E-state index contributed by atoms with van der Waals surface area (Å²) in [5.41, 5.74) is -0.868. The minimum atomic E-state index is -4.58. The Morgan fingerprint density at radius 2 is 1.70 bits per heavy atom. The standard InChI is InChI=1S/C12H10ClF3N4O2S/c1-23(21,22)20-11-5-4-10(18-19-11)17-7-2-3-9(13)8(6-7)12(14,15)16/h2-6H,1H3,(H,17,18)(H,19,20). The molecular formula is C12H10ClF3N4O2S. The van der Waals surface area contributed by atoms with Gasteiger partial charge in [0.05, 0.1) is 16.8 Å². The molecule has 1 heterocycles. The van der Waals surface area contributed by atoms with Crippen molar-refractivity contribution in [2.24, 2.45) is 0 Å². The molecule has 0 amide bonds. The van der Waals surface area contributed by atoms with E-state index in [1.807, 2.05) is 0 Å². The van der Waals surface area contributed by atoms with E-state index in [9.17, 15) is 21.6 Å². The largest absolute Gasteiger partial charge is 0.417 e. The van der Waals surface area contributed by atoms with Crippen LogP contribution in [0.4, 0.5) is 30.5 Å². The first-order valence-electron chi connectivity index (χ1n) is 6.00. The number of hydrogen-bond acceptors (Lipinski definition) is 5. The highest BCUT2D eigenvalue weighted by Crippen LogP contribution is 2.36. The lowest BCUT2D eigenvalue weighted by atomic mass is 10.2. The van der Waals surface area contributed by atoms with Crippen LogP contribution in [0, 0.1) is 0 Å². The lowest BCUT2D eigenvalue weighted by Gasteiger charge is -2.12. The van der Waals surface area contributed by atoms with Crippen molar-refractivity contribution in [3.05, 3.63) is 40.9 Å². The highest BCUT2D eigenvalue weighted by Gasteiger charge is 2.33. The van der Waals surface area contributed by atoms with Gasteiger partial charge in [-0.25, -0.2) is 8.42 Å². The molecule has 2 N–H and O–H groups in total. The third-order valence-corrected chi connectivity index (χ3v) is 3.41. The van der Waals surface area contributed by atoms with Crippen LogP contribution in [0.5, 0.6) is 0 Å². The van der Waals surface area contributed by atoms with E-state index < -0.39 is 26.8 Å². The van der Waals surface area contributed by atoms with Crippen LogP contribution < -0.4 is 10.0 Å². The molecule has 124 valence electrons. The number of anilines is 3. The van der Waals surface area contributed by atoms with Crippen molar-refractivity contribution < 1.29 is 21.6 Å². The summed E-state index contributed by atoms with van der Waals surface area (Å²) < 4.78 is 62.5. The van der Waals surface area contributed by atoms with Gasteiger partial charge in [0.1, 0.15) is 0 Å². The van der Waals surface area contributed by atoms with Crippen LogP contribution in [-0.2, 0) is 16.2 Å². The Balaban J connectivity index is 2.20. The number of aromatic nitrogens is 2. The number of hydrogen-bond donors (Lipinski definition) is 2. The Bertz CT molecular complexity index is 810. The monoisotopic (exact) mass is 366 g/mol. The van der Waals surface area contributed by atoms with E-state index in [1.165, 1.54) is 18.2 Å². The van der Waals surface area contributed by atoms with Crippen LogP contribution in [-0.4, -0.2) is 24.9 Å². The normalized spacial score (nSPS) is 12.0. The van der Waals surface area contributed by atoms with E-state index in [0.717, 1.165) is 18.4 Å². The number of halogens is 4. The molecule has 0 saturated carbocycles. The Morgan fingerprint density at radius 1 is 1.09 bits per heavy atom. The summed E-state index contributed by atoms with van der Waals surface area (Å²) in [5, 5.41) is 9.48. The summed E-state index contributed by atoms with van der Waals surface area (Å²) >= 11 is 5.53. The van der Waals surface area contributed by atoms with Crippen LogP contribution in [0.3, 0.4) is 0 Å². The van der Waals surface area contributed by atoms with Crippen LogP contribution in [0.25, 0.3) is 0 Å². The fraction of sp³-hybridized carbons (Fsp3) is 0.167. The van der Waals surface area contributed by atoms with E-state index in [-0.39, 0.29) is 17.3 Å². The van der Waals surface area contributed by atoms with Gasteiger partial charge in [-0.15, -0.1) is 10.2 Å². The van der Waals surface area contributed by atoms with Crippen LogP contribution in [0.15, 0.2) is 30.3 Å². The maximum absolute atomic E-state index is 12.8. The second-order valence-electron chi connectivity index (χ2n) is 4.50. The number of nitrogens with one attached hydrogen (secondary N) is 2. The molecule has 0 spiro atoms. The second-order valence-corrected chi connectivity index (χ2v) is 6.65. The molecule has 0 atom stereocenters. The third kappa shape index (κ3) is 4.96. The third-order valence-electron chi connectivity index (χ3n) is 2.50. The lowest BCUT2D eigenvalue weighted by molar-refractivity contribution is -0.137. The van der Waals surface area contributed by atoms with E-state index in [4.69, 9.17) is 11.6 Å². The van der Waals surface area contributed by atoms with Crippen LogP contribution >= 0.6 is 11.6 Å². The van der Waals surface area contributed by atoms with Crippen LogP contribution in [0.2, 0.25) is 5.02 Å². The molecule has 23 heavy (non-hydrogen) atoms. The van der Waals surface area contributed by atoms with Gasteiger partial charge in [0.25, 0.3) is 0 Å². The molecule has 0 aliphatic carbocycles. The molecule has 0 aliphatic rings. The Hall–Kier alpha value is -2.07. The maximum atomic E-state index is 12.8. The van der Waals surface area contributed by atoms with Crippen molar-refractivity contribution in [2.45, 2.75) is 6.18 Å². The molecule has 0 unspecified atom stereocenters. The van der Waals surface area contributed by atoms with Crippen molar-refractivity contribution >= 4 is 38.9 Å². The fourth-order valence-corrected chi connectivity index (χ4v) is 2.32. The molecule has 1 aromatic carbocycles. The van der Waals surface area contributed by atoms with Crippen molar-refractivity contribution in [3.63, 3.8) is 0 Å². The number of alkyl halides is 3. The molecule has 0 radical (unpaired) electrons. The second kappa shape index (κ2) is 6.20. The predicted molar refractivity (Wildman–Crippen MR) is 80.2 cm³/mol. The minimum Gasteiger partial charge on any atom is -0.339 e. The average Bonchev–Trinajstić information content (AvgIpc) is 2.40. The zero-order chi connectivity index (χ0) is 17.3. The fourth-order valence-electron chi connectivity index (χ4n) is 1.61. The van der Waals surface area contributed by atoms with E-state index >= 15 is 0 Å². The van der Waals surface area contributed by atoms with Gasteiger partial charge in [-0.05, 0) is 30.3 Å². The van der Waals surface area contributed by atoms with Gasteiger partial charge in [-0.2, -0.15) is 13.2 Å². The molecule has 0 bridgehead atoms. The minimum absolute atomic E-state index is 0.00913. The summed E-state index contributed by atoms with van der Waals surface area (Å²) in [5.74, 6) is 0.129. The van der Waals surface area contributed by atoms with Crippen molar-refractivity contribution in [1.82, 2.24) is 10.2 Å². The van der Waals surface area contributed by atoms with Gasteiger partial charge in [0.15, 0.2) is 11.6 Å². The Labute approximate surface area is 134 Å². The van der Waals surface area contributed by atoms with Crippen molar-refractivity contribution in [3.8, 4) is 0 Å². The molecule has 2 aromatic rings. The first kappa shape index (κ1) is 17.3. The van der Waals surface area contributed by atoms with Crippen molar-refractivity contribution in [1.29, 1.82) is 0 Å². The zero-order valence-electron chi connectivity index (χ0n) is 11.5. The number of benzene rings is 1. The predicted octanol–water partition coefficient (Wildman–Crippen LogP) is 3.26. The highest BCUT2D eigenvalue weighted by atomic mass is 35.5. The molecule has 11 heteroatoms. The first-order valence-corrected chi connectivity index (χ1v) is 8.27. The zero-order valence-corrected chi connectivity index (χ0v) is 13.1. The highest BCUT2D eigenvalue weighted by molar-refractivity contribution is 7.92. The molecular weight excluding hydrogens is 357 g/mol. The number of nitrogens with zero attached hydrogens (tertiary/aromatic N) is 2. The molecule has 2 rings (SSSR count). The smallest absolute Gasteiger partial charge is 0.339 e. The van der Waals surface area contributed by atoms with Crippen LogP contribution in [0.1, 0.15) is 5.56 Å². The maximum Gasteiger partial charge on any atom is 0.417 e. The van der Waals surface area contributed by atoms with E-state index in [1.54, 1.807) is 0 Å². The quantitative estimate of drug-likeness (QED) is 0.867. The summed E-state index contributed by atoms with van der Waals surface area (Å²) in [7, 11) is -3.49. The molecule has 6 nitrogen and oxygen atoms in total. The van der Waals surface area contributed by atoms with E-state index in [2.05, 4.69) is 20.2 Å². The first-order chi connectivity index (χ1) is 10.5. The molecule has 1 aromatic heterocycles. The van der Waals surface area contributed by atoms with Gasteiger partial charge < -0.3 is 5.32 Å². The topological polar surface area (TPSA) is 84.0 Å². The number of rotatable bonds is 4. The summed E-state index contributed by atoms with van der Waals surface area (Å²) in [6, 6.07) is 5.98. The SMILES string of the molecule is CS(=O)(=O)Nc1ccc(Nc2ccc(Cl)c(C(F)(F)F)c2)nn1. The lowest BCUT2D eigenvalue weighted by Crippen LogP contribution is -2.11. The summed E-state index contributed by atoms with van der Waals surface area (Å²) in [6.45, 7) is 0. The molecule has 0 aliphatic heterocycles. The Morgan fingerprint density at radius 3 is 2.22 bits per heavy atom. The van der Waals surface area contributed by atoms with Gasteiger partial charge >= 0.3 is 6.18 Å². The summed E-state index contributed by atoms with van der Waals surface area (Å²) in [4.78, 5) is 0. The van der Waals surface area contributed by atoms with Gasteiger partial charge in [-0.3, -0.25) is 4.72 Å². The number of sulfonamides is 1. The average molecular weight is 367 g/mol. The molecule has 0 saturated heterocycles.